The van der Waals surface area contributed by atoms with Crippen molar-refractivity contribution in [2.45, 2.75) is 6.18 Å². The number of carbonyl (C=O) groups is 2. The van der Waals surface area contributed by atoms with Gasteiger partial charge in [0.15, 0.2) is 0 Å². The highest BCUT2D eigenvalue weighted by Gasteiger charge is 2.30. The van der Waals surface area contributed by atoms with Crippen LogP contribution in [-0.2, 0) is 6.18 Å². The summed E-state index contributed by atoms with van der Waals surface area (Å²) in [6, 6.07) is 14.5. The Morgan fingerprint density at radius 1 is 0.895 bits per heavy atom. The smallest absolute Gasteiger partial charge is 0.416 e. The SMILES string of the molecule is NC(=O)c1cc(Oc2ccc(NC(=O)Nc3ccc(Cl)c(-c4ccc(C(F)(F)F)cc4)c3)c(F)c2)ccn1. The number of amides is 3. The first-order valence-electron chi connectivity index (χ1n) is 10.8. The van der Waals surface area contributed by atoms with E-state index in [0.29, 0.717) is 11.1 Å². The van der Waals surface area contributed by atoms with E-state index >= 15 is 0 Å². The molecule has 0 aliphatic heterocycles. The predicted molar refractivity (Wildman–Crippen MR) is 134 cm³/mol. The number of halogens is 5. The van der Waals surface area contributed by atoms with Crippen LogP contribution in [-0.4, -0.2) is 16.9 Å². The minimum atomic E-state index is -4.48. The molecule has 0 radical (unpaired) electrons. The van der Waals surface area contributed by atoms with Crippen molar-refractivity contribution >= 4 is 34.9 Å². The highest BCUT2D eigenvalue weighted by molar-refractivity contribution is 6.33. The first-order chi connectivity index (χ1) is 18.0. The molecule has 4 aromatic rings. The molecule has 4 N–H and O–H groups in total. The van der Waals surface area contributed by atoms with E-state index in [1.807, 2.05) is 0 Å². The van der Waals surface area contributed by atoms with Crippen molar-refractivity contribution in [2.24, 2.45) is 5.73 Å². The molecule has 3 aromatic carbocycles. The third-order valence-electron chi connectivity index (χ3n) is 5.16. The zero-order valence-corrected chi connectivity index (χ0v) is 19.9. The molecule has 0 aliphatic rings. The van der Waals surface area contributed by atoms with Crippen LogP contribution in [0, 0.1) is 5.82 Å². The summed E-state index contributed by atoms with van der Waals surface area (Å²) >= 11 is 6.21. The van der Waals surface area contributed by atoms with Crippen LogP contribution in [0.15, 0.2) is 79.0 Å². The van der Waals surface area contributed by atoms with Crippen LogP contribution >= 0.6 is 11.6 Å². The maximum absolute atomic E-state index is 14.6. The van der Waals surface area contributed by atoms with E-state index in [2.05, 4.69) is 15.6 Å². The van der Waals surface area contributed by atoms with E-state index in [9.17, 15) is 27.2 Å². The van der Waals surface area contributed by atoms with Crippen molar-refractivity contribution in [3.63, 3.8) is 0 Å². The van der Waals surface area contributed by atoms with Gasteiger partial charge in [-0.2, -0.15) is 13.2 Å². The van der Waals surface area contributed by atoms with Gasteiger partial charge >= 0.3 is 12.2 Å². The Bertz CT molecular complexity index is 1510. The Hall–Kier alpha value is -4.64. The van der Waals surface area contributed by atoms with E-state index in [1.54, 1.807) is 0 Å². The summed E-state index contributed by atoms with van der Waals surface area (Å²) in [6.45, 7) is 0. The number of benzene rings is 3. The van der Waals surface area contributed by atoms with Gasteiger partial charge < -0.3 is 21.1 Å². The number of alkyl halides is 3. The summed E-state index contributed by atoms with van der Waals surface area (Å²) in [4.78, 5) is 27.5. The number of aromatic nitrogens is 1. The van der Waals surface area contributed by atoms with Gasteiger partial charge in [-0.25, -0.2) is 9.18 Å². The second-order valence-corrected chi connectivity index (χ2v) is 8.24. The zero-order valence-electron chi connectivity index (χ0n) is 19.1. The summed E-state index contributed by atoms with van der Waals surface area (Å²) in [6.07, 6.45) is -3.16. The van der Waals surface area contributed by atoms with Gasteiger partial charge in [0.05, 0.1) is 11.3 Å². The van der Waals surface area contributed by atoms with Gasteiger partial charge in [0.2, 0.25) is 0 Å². The lowest BCUT2D eigenvalue weighted by Gasteiger charge is -2.13. The van der Waals surface area contributed by atoms with E-state index in [-0.39, 0.29) is 33.6 Å². The molecule has 0 unspecified atom stereocenters. The number of hydrogen-bond acceptors (Lipinski definition) is 4. The van der Waals surface area contributed by atoms with E-state index in [1.165, 1.54) is 60.8 Å². The molecule has 0 fully saturated rings. The van der Waals surface area contributed by atoms with Crippen molar-refractivity contribution in [3.8, 4) is 22.6 Å². The standard InChI is InChI=1S/C26H17ClF4N4O3/c27-20-7-5-16(11-19(20)14-1-3-15(4-2-14)26(29,30)31)34-25(37)35-22-8-6-17(12-21(22)28)38-18-9-10-33-23(13-18)24(32)36/h1-13H,(H2,32,36)(H2,34,35,37). The summed E-state index contributed by atoms with van der Waals surface area (Å²) in [5, 5.41) is 5.15. The minimum Gasteiger partial charge on any atom is -0.457 e. The van der Waals surface area contributed by atoms with Gasteiger partial charge in [0, 0.05) is 34.6 Å². The maximum atomic E-state index is 14.6. The number of carbonyl (C=O) groups excluding carboxylic acids is 2. The molecule has 12 heteroatoms. The molecule has 0 aliphatic carbocycles. The first kappa shape index (κ1) is 26.4. The fourth-order valence-corrected chi connectivity index (χ4v) is 3.58. The molecule has 0 saturated heterocycles. The number of nitrogens with two attached hydrogens (primary N) is 1. The number of primary amides is 1. The molecule has 0 spiro atoms. The fourth-order valence-electron chi connectivity index (χ4n) is 3.35. The van der Waals surface area contributed by atoms with Crippen LogP contribution in [0.4, 0.5) is 33.7 Å². The first-order valence-corrected chi connectivity index (χ1v) is 11.2. The lowest BCUT2D eigenvalue weighted by atomic mass is 10.0. The molecule has 194 valence electrons. The molecule has 1 aromatic heterocycles. The second kappa shape index (κ2) is 10.8. The highest BCUT2D eigenvalue weighted by atomic mass is 35.5. The van der Waals surface area contributed by atoms with Gasteiger partial charge in [-0.05, 0) is 54.1 Å². The number of nitrogens with zero attached hydrogens (tertiary/aromatic N) is 1. The van der Waals surface area contributed by atoms with Crippen LogP contribution < -0.4 is 21.1 Å². The average Bonchev–Trinajstić information content (AvgIpc) is 2.86. The molecule has 0 bridgehead atoms. The summed E-state index contributed by atoms with van der Waals surface area (Å²) in [5.41, 5.74) is 5.26. The van der Waals surface area contributed by atoms with Crippen molar-refractivity contribution in [3.05, 3.63) is 101 Å². The number of ether oxygens (including phenoxy) is 1. The number of nitrogens with one attached hydrogen (secondary N) is 2. The van der Waals surface area contributed by atoms with Crippen molar-refractivity contribution < 1.29 is 31.9 Å². The third kappa shape index (κ3) is 6.37. The van der Waals surface area contributed by atoms with Crippen molar-refractivity contribution in [2.75, 3.05) is 10.6 Å². The Morgan fingerprint density at radius 3 is 2.26 bits per heavy atom. The molecule has 38 heavy (non-hydrogen) atoms. The quantitative estimate of drug-likeness (QED) is 0.225. The van der Waals surface area contributed by atoms with E-state index in [0.717, 1.165) is 18.2 Å². The fraction of sp³-hybridized carbons (Fsp3) is 0.0385. The van der Waals surface area contributed by atoms with Crippen LogP contribution in [0.5, 0.6) is 11.5 Å². The highest BCUT2D eigenvalue weighted by Crippen LogP contribution is 2.34. The topological polar surface area (TPSA) is 106 Å². The van der Waals surface area contributed by atoms with Gasteiger partial charge in [-0.15, -0.1) is 0 Å². The molecule has 3 amide bonds. The molecular weight excluding hydrogens is 528 g/mol. The van der Waals surface area contributed by atoms with Crippen LogP contribution in [0.1, 0.15) is 16.1 Å². The monoisotopic (exact) mass is 544 g/mol. The van der Waals surface area contributed by atoms with Gasteiger partial charge in [0.25, 0.3) is 5.91 Å². The summed E-state index contributed by atoms with van der Waals surface area (Å²) in [7, 11) is 0. The van der Waals surface area contributed by atoms with Crippen LogP contribution in [0.3, 0.4) is 0 Å². The van der Waals surface area contributed by atoms with E-state index in [4.69, 9.17) is 22.1 Å². The van der Waals surface area contributed by atoms with Crippen molar-refractivity contribution in [1.29, 1.82) is 0 Å². The lowest BCUT2D eigenvalue weighted by Crippen LogP contribution is -2.20. The van der Waals surface area contributed by atoms with Crippen molar-refractivity contribution in [1.82, 2.24) is 4.98 Å². The Morgan fingerprint density at radius 2 is 1.61 bits per heavy atom. The largest absolute Gasteiger partial charge is 0.457 e. The predicted octanol–water partition coefficient (Wildman–Crippen LogP) is 7.10. The third-order valence-corrected chi connectivity index (χ3v) is 5.49. The molecule has 4 rings (SSSR count). The Kier molecular flexibility index (Phi) is 7.49. The zero-order chi connectivity index (χ0) is 27.4. The Labute approximate surface area is 218 Å². The summed E-state index contributed by atoms with van der Waals surface area (Å²) < 4.78 is 58.7. The Balaban J connectivity index is 1.44. The van der Waals surface area contributed by atoms with E-state index < -0.39 is 29.5 Å². The summed E-state index contributed by atoms with van der Waals surface area (Å²) in [5.74, 6) is -1.25. The molecule has 1 heterocycles. The molecular formula is C26H17ClF4N4O3. The minimum absolute atomic E-state index is 0.0263. The van der Waals surface area contributed by atoms with Gasteiger partial charge in [0.1, 0.15) is 23.0 Å². The van der Waals surface area contributed by atoms with Crippen LogP contribution in [0.2, 0.25) is 5.02 Å². The number of urea groups is 1. The maximum Gasteiger partial charge on any atom is 0.416 e. The number of anilines is 2. The number of hydrogen-bond donors (Lipinski definition) is 3. The number of rotatable bonds is 6. The average molecular weight is 545 g/mol. The lowest BCUT2D eigenvalue weighted by molar-refractivity contribution is -0.137. The normalized spacial score (nSPS) is 11.1. The molecule has 0 saturated carbocycles. The van der Waals surface area contributed by atoms with Crippen LogP contribution in [0.25, 0.3) is 11.1 Å². The molecule has 7 nitrogen and oxygen atoms in total. The molecule has 0 atom stereocenters. The van der Waals surface area contributed by atoms with Gasteiger partial charge in [-0.1, -0.05) is 23.7 Å². The number of pyridine rings is 1. The second-order valence-electron chi connectivity index (χ2n) is 7.83. The van der Waals surface area contributed by atoms with Gasteiger partial charge in [-0.3, -0.25) is 9.78 Å².